The Morgan fingerprint density at radius 3 is 2.83 bits per heavy atom. The van der Waals surface area contributed by atoms with Crippen molar-refractivity contribution < 1.29 is 19.4 Å². The number of rotatable bonds is 3. The van der Waals surface area contributed by atoms with Gasteiger partial charge in [0.15, 0.2) is 17.3 Å². The molecule has 98 valence electrons. The van der Waals surface area contributed by atoms with E-state index >= 15 is 0 Å². The zero-order valence-electron chi connectivity index (χ0n) is 10.9. The summed E-state index contributed by atoms with van der Waals surface area (Å²) >= 11 is 0. The van der Waals surface area contributed by atoms with Gasteiger partial charge >= 0.3 is 0 Å². The average Bonchev–Trinajstić information content (AvgIpc) is 2.26. The van der Waals surface area contributed by atoms with E-state index in [0.717, 1.165) is 6.42 Å². The molecule has 0 bridgehead atoms. The second kappa shape index (κ2) is 4.52. The van der Waals surface area contributed by atoms with Gasteiger partial charge in [0.2, 0.25) is 0 Å². The Morgan fingerprint density at radius 2 is 2.17 bits per heavy atom. The number of hydrogen-bond donors (Lipinski definition) is 1. The van der Waals surface area contributed by atoms with Gasteiger partial charge in [0.05, 0.1) is 18.6 Å². The number of hydrogen-bond acceptors (Lipinski definition) is 4. The Balaban J connectivity index is 2.38. The lowest BCUT2D eigenvalue weighted by Crippen LogP contribution is -2.35. The lowest BCUT2D eigenvalue weighted by atomic mass is 9.93. The van der Waals surface area contributed by atoms with Crippen molar-refractivity contribution in [3.8, 4) is 17.2 Å². The van der Waals surface area contributed by atoms with Crippen LogP contribution in [-0.4, -0.2) is 23.1 Å². The summed E-state index contributed by atoms with van der Waals surface area (Å²) in [6.45, 7) is 6.24. The molecule has 1 N–H and O–H groups in total. The van der Waals surface area contributed by atoms with E-state index in [-0.39, 0.29) is 11.5 Å². The molecule has 0 atom stereocenters. The zero-order chi connectivity index (χ0) is 13.3. The molecular formula is C14H18O4. The highest BCUT2D eigenvalue weighted by atomic mass is 16.5. The van der Waals surface area contributed by atoms with E-state index in [4.69, 9.17) is 9.47 Å². The van der Waals surface area contributed by atoms with Crippen molar-refractivity contribution >= 4 is 5.78 Å². The first-order chi connectivity index (χ1) is 8.43. The van der Waals surface area contributed by atoms with Crippen molar-refractivity contribution in [3.05, 3.63) is 17.7 Å². The number of carbonyl (C=O) groups is 1. The van der Waals surface area contributed by atoms with Gasteiger partial charge in [0.25, 0.3) is 0 Å². The Labute approximate surface area is 107 Å². The van der Waals surface area contributed by atoms with Crippen molar-refractivity contribution in [2.24, 2.45) is 0 Å². The molecular weight excluding hydrogens is 232 g/mol. The zero-order valence-corrected chi connectivity index (χ0v) is 10.9. The van der Waals surface area contributed by atoms with Crippen LogP contribution in [0.2, 0.25) is 0 Å². The van der Waals surface area contributed by atoms with Crippen LogP contribution in [-0.2, 0) is 0 Å². The number of fused-ring (bicyclic) bond motifs is 1. The Morgan fingerprint density at radius 1 is 1.44 bits per heavy atom. The summed E-state index contributed by atoms with van der Waals surface area (Å²) in [4.78, 5) is 11.9. The Hall–Kier alpha value is -1.71. The second-order valence-electron chi connectivity index (χ2n) is 5.13. The highest BCUT2D eigenvalue weighted by molar-refractivity contribution is 6.01. The van der Waals surface area contributed by atoms with Crippen molar-refractivity contribution in [2.75, 3.05) is 6.61 Å². The third-order valence-electron chi connectivity index (χ3n) is 2.80. The summed E-state index contributed by atoms with van der Waals surface area (Å²) in [5, 5.41) is 9.81. The number of phenolic OH excluding ortho intramolecular Hbond substituents is 1. The molecule has 0 unspecified atom stereocenters. The molecule has 18 heavy (non-hydrogen) atoms. The van der Waals surface area contributed by atoms with E-state index in [1.165, 1.54) is 6.07 Å². The molecule has 0 amide bonds. The minimum absolute atomic E-state index is 0.0149. The summed E-state index contributed by atoms with van der Waals surface area (Å²) in [6, 6.07) is 3.02. The predicted octanol–water partition coefficient (Wildman–Crippen LogP) is 2.92. The standard InChI is InChI=1S/C14H18O4/c1-4-5-17-13-7-12-9(6-10(13)15)11(16)8-14(2,3)18-12/h6-7,15H,4-5,8H2,1-3H3. The fraction of sp³-hybridized carbons (Fsp3) is 0.500. The quantitative estimate of drug-likeness (QED) is 0.896. The highest BCUT2D eigenvalue weighted by Gasteiger charge is 2.33. The van der Waals surface area contributed by atoms with E-state index in [2.05, 4.69) is 0 Å². The van der Waals surface area contributed by atoms with Crippen LogP contribution in [0.1, 0.15) is 44.0 Å². The van der Waals surface area contributed by atoms with Crippen molar-refractivity contribution in [1.82, 2.24) is 0 Å². The molecule has 0 saturated heterocycles. The normalized spacial score (nSPS) is 16.9. The van der Waals surface area contributed by atoms with E-state index in [1.54, 1.807) is 6.07 Å². The molecule has 1 aliphatic heterocycles. The topological polar surface area (TPSA) is 55.8 Å². The molecule has 1 aliphatic rings. The molecule has 4 heteroatoms. The predicted molar refractivity (Wildman–Crippen MR) is 67.5 cm³/mol. The Kier molecular flexibility index (Phi) is 3.20. The van der Waals surface area contributed by atoms with Crippen molar-refractivity contribution in [2.45, 2.75) is 39.2 Å². The average molecular weight is 250 g/mol. The number of aromatic hydroxyl groups is 1. The van der Waals surface area contributed by atoms with E-state index in [1.807, 2.05) is 20.8 Å². The largest absolute Gasteiger partial charge is 0.504 e. The molecule has 0 saturated carbocycles. The lowest BCUT2D eigenvalue weighted by molar-refractivity contribution is 0.0616. The summed E-state index contributed by atoms with van der Waals surface area (Å²) in [5.41, 5.74) is -0.0843. The minimum Gasteiger partial charge on any atom is -0.504 e. The highest BCUT2D eigenvalue weighted by Crippen LogP contribution is 2.40. The van der Waals surface area contributed by atoms with Gasteiger partial charge in [-0.05, 0) is 26.3 Å². The van der Waals surface area contributed by atoms with Gasteiger partial charge in [0.1, 0.15) is 11.4 Å². The number of ether oxygens (including phenoxy) is 2. The molecule has 0 spiro atoms. The molecule has 0 aromatic heterocycles. The maximum atomic E-state index is 11.9. The first-order valence-corrected chi connectivity index (χ1v) is 6.15. The molecule has 0 aliphatic carbocycles. The van der Waals surface area contributed by atoms with Crippen LogP contribution in [0.25, 0.3) is 0 Å². The Bertz CT molecular complexity index is 477. The van der Waals surface area contributed by atoms with Gasteiger partial charge in [-0.2, -0.15) is 0 Å². The number of phenols is 1. The van der Waals surface area contributed by atoms with Crippen LogP contribution >= 0.6 is 0 Å². The lowest BCUT2D eigenvalue weighted by Gasteiger charge is -2.31. The monoisotopic (exact) mass is 250 g/mol. The van der Waals surface area contributed by atoms with Gasteiger partial charge in [-0.25, -0.2) is 0 Å². The van der Waals surface area contributed by atoms with Gasteiger partial charge < -0.3 is 14.6 Å². The van der Waals surface area contributed by atoms with E-state index in [9.17, 15) is 9.90 Å². The van der Waals surface area contributed by atoms with Crippen molar-refractivity contribution in [3.63, 3.8) is 0 Å². The molecule has 1 aromatic rings. The van der Waals surface area contributed by atoms with Crippen LogP contribution in [0, 0.1) is 0 Å². The third kappa shape index (κ3) is 2.42. The first kappa shape index (κ1) is 12.7. The fourth-order valence-electron chi connectivity index (χ4n) is 2.00. The summed E-state index contributed by atoms with van der Waals surface area (Å²) in [5.74, 6) is 0.818. The second-order valence-corrected chi connectivity index (χ2v) is 5.13. The van der Waals surface area contributed by atoms with Gasteiger partial charge in [-0.1, -0.05) is 6.92 Å². The maximum absolute atomic E-state index is 11.9. The van der Waals surface area contributed by atoms with Crippen LogP contribution < -0.4 is 9.47 Å². The van der Waals surface area contributed by atoms with Crippen molar-refractivity contribution in [1.29, 1.82) is 0 Å². The van der Waals surface area contributed by atoms with Gasteiger partial charge in [0, 0.05) is 6.07 Å². The molecule has 1 aromatic carbocycles. The van der Waals surface area contributed by atoms with E-state index in [0.29, 0.717) is 30.1 Å². The first-order valence-electron chi connectivity index (χ1n) is 6.15. The number of ketones is 1. The van der Waals surface area contributed by atoms with E-state index < -0.39 is 5.60 Å². The third-order valence-corrected chi connectivity index (χ3v) is 2.80. The van der Waals surface area contributed by atoms with Crippen LogP contribution in [0.15, 0.2) is 12.1 Å². The number of Topliss-reactive ketones (excluding diaryl/α,β-unsaturated/α-hetero) is 1. The smallest absolute Gasteiger partial charge is 0.170 e. The van der Waals surface area contributed by atoms with Crippen LogP contribution in [0.5, 0.6) is 17.2 Å². The SMILES string of the molecule is CCCOc1cc2c(cc1O)C(=O)CC(C)(C)O2. The van der Waals surface area contributed by atoms with Gasteiger partial charge in [-0.15, -0.1) is 0 Å². The fourth-order valence-corrected chi connectivity index (χ4v) is 2.00. The number of benzene rings is 1. The summed E-state index contributed by atoms with van der Waals surface area (Å²) in [6.07, 6.45) is 1.16. The molecule has 4 nitrogen and oxygen atoms in total. The molecule has 0 radical (unpaired) electrons. The molecule has 1 heterocycles. The molecule has 0 fully saturated rings. The van der Waals surface area contributed by atoms with Gasteiger partial charge in [-0.3, -0.25) is 4.79 Å². The van der Waals surface area contributed by atoms with Crippen LogP contribution in [0.3, 0.4) is 0 Å². The maximum Gasteiger partial charge on any atom is 0.170 e. The summed E-state index contributed by atoms with van der Waals surface area (Å²) in [7, 11) is 0. The van der Waals surface area contributed by atoms with Crippen LogP contribution in [0.4, 0.5) is 0 Å². The minimum atomic E-state index is -0.511. The molecule has 2 rings (SSSR count). The number of carbonyl (C=O) groups excluding carboxylic acids is 1. The summed E-state index contributed by atoms with van der Waals surface area (Å²) < 4.78 is 11.2.